The fourth-order valence-corrected chi connectivity index (χ4v) is 3.98. The predicted octanol–water partition coefficient (Wildman–Crippen LogP) is 6.65. The number of anilines is 1. The summed E-state index contributed by atoms with van der Waals surface area (Å²) in [6.45, 7) is 7.11. The summed E-state index contributed by atoms with van der Waals surface area (Å²) in [5.41, 5.74) is 4.17. The summed E-state index contributed by atoms with van der Waals surface area (Å²) < 4.78 is 40.6. The first-order valence-corrected chi connectivity index (χ1v) is 10.5. The molecule has 0 aliphatic carbocycles. The van der Waals surface area contributed by atoms with Gasteiger partial charge < -0.3 is 9.88 Å². The summed E-state index contributed by atoms with van der Waals surface area (Å²) >= 11 is 0. The van der Waals surface area contributed by atoms with Gasteiger partial charge in [0.1, 0.15) is 0 Å². The second kappa shape index (κ2) is 8.01. The Kier molecular flexibility index (Phi) is 5.49. The zero-order chi connectivity index (χ0) is 23.1. The van der Waals surface area contributed by atoms with Crippen LogP contribution >= 0.6 is 0 Å². The molecule has 6 heteroatoms. The van der Waals surface area contributed by atoms with Crippen molar-refractivity contribution in [2.24, 2.45) is 0 Å². The van der Waals surface area contributed by atoms with E-state index in [2.05, 4.69) is 42.8 Å². The van der Waals surface area contributed by atoms with Crippen LogP contribution in [0.5, 0.6) is 0 Å². The van der Waals surface area contributed by atoms with Crippen molar-refractivity contribution in [3.63, 3.8) is 0 Å². The molecular formula is C26H25F3N2O. The largest absolute Gasteiger partial charge is 0.416 e. The average Bonchev–Trinajstić information content (AvgIpc) is 3.21. The predicted molar refractivity (Wildman–Crippen MR) is 120 cm³/mol. The topological polar surface area (TPSA) is 34.0 Å². The number of benzene rings is 2. The van der Waals surface area contributed by atoms with Crippen LogP contribution in [-0.4, -0.2) is 10.5 Å². The van der Waals surface area contributed by atoms with Gasteiger partial charge in [-0.2, -0.15) is 13.2 Å². The molecule has 166 valence electrons. The molecule has 1 amide bonds. The third-order valence-electron chi connectivity index (χ3n) is 5.77. The lowest BCUT2D eigenvalue weighted by atomic mass is 9.85. The molecule has 0 radical (unpaired) electrons. The molecule has 2 heterocycles. The summed E-state index contributed by atoms with van der Waals surface area (Å²) in [5.74, 6) is -0.299. The van der Waals surface area contributed by atoms with Crippen LogP contribution in [0.25, 0.3) is 5.57 Å². The molecule has 1 aliphatic rings. The number of amides is 1. The highest BCUT2D eigenvalue weighted by Gasteiger charge is 2.30. The first kappa shape index (κ1) is 21.9. The van der Waals surface area contributed by atoms with E-state index in [1.807, 2.05) is 30.5 Å². The number of hydrogen-bond donors (Lipinski definition) is 1. The van der Waals surface area contributed by atoms with Crippen LogP contribution in [0.3, 0.4) is 0 Å². The Morgan fingerprint density at radius 1 is 0.906 bits per heavy atom. The zero-order valence-electron chi connectivity index (χ0n) is 18.3. The Bertz CT molecular complexity index is 1160. The second-order valence-electron chi connectivity index (χ2n) is 9.05. The molecule has 0 bridgehead atoms. The van der Waals surface area contributed by atoms with Gasteiger partial charge in [-0.05, 0) is 59.4 Å². The van der Waals surface area contributed by atoms with E-state index in [9.17, 15) is 18.0 Å². The van der Waals surface area contributed by atoms with Crippen molar-refractivity contribution in [1.82, 2.24) is 4.57 Å². The quantitative estimate of drug-likeness (QED) is 0.488. The molecule has 0 atom stereocenters. The van der Waals surface area contributed by atoms with Gasteiger partial charge in [-0.15, -0.1) is 0 Å². The number of halogens is 3. The molecule has 32 heavy (non-hydrogen) atoms. The van der Waals surface area contributed by atoms with E-state index in [-0.39, 0.29) is 11.3 Å². The van der Waals surface area contributed by atoms with Crippen molar-refractivity contribution in [3.8, 4) is 0 Å². The van der Waals surface area contributed by atoms with Crippen LogP contribution in [0.2, 0.25) is 0 Å². The fraction of sp³-hybridized carbons (Fsp3) is 0.269. The van der Waals surface area contributed by atoms with Crippen LogP contribution < -0.4 is 5.32 Å². The summed E-state index contributed by atoms with van der Waals surface area (Å²) in [6, 6.07) is 16.7. The highest BCUT2D eigenvalue weighted by atomic mass is 19.4. The van der Waals surface area contributed by atoms with Crippen molar-refractivity contribution in [2.45, 2.75) is 45.3 Å². The highest BCUT2D eigenvalue weighted by Crippen LogP contribution is 2.35. The van der Waals surface area contributed by atoms with Crippen LogP contribution in [0, 0.1) is 0 Å². The molecule has 1 N–H and O–H groups in total. The van der Waals surface area contributed by atoms with E-state index in [0.29, 0.717) is 24.2 Å². The van der Waals surface area contributed by atoms with E-state index in [4.69, 9.17) is 0 Å². The summed E-state index contributed by atoms with van der Waals surface area (Å²) in [7, 11) is 0. The molecule has 2 aromatic carbocycles. The summed E-state index contributed by atoms with van der Waals surface area (Å²) in [5, 5.41) is 2.78. The maximum Gasteiger partial charge on any atom is 0.416 e. The lowest BCUT2D eigenvalue weighted by molar-refractivity contribution is -0.137. The summed E-state index contributed by atoms with van der Waals surface area (Å²) in [6.07, 6.45) is -1.89. The minimum Gasteiger partial charge on any atom is -0.347 e. The number of nitrogens with one attached hydrogen (secondary N) is 1. The van der Waals surface area contributed by atoms with Crippen molar-refractivity contribution in [2.75, 3.05) is 5.32 Å². The van der Waals surface area contributed by atoms with E-state index in [1.54, 1.807) is 0 Å². The fourth-order valence-electron chi connectivity index (χ4n) is 3.98. The van der Waals surface area contributed by atoms with E-state index >= 15 is 0 Å². The maximum absolute atomic E-state index is 13.2. The number of aromatic nitrogens is 1. The minimum absolute atomic E-state index is 0.0163. The number of nitrogens with zero attached hydrogens (tertiary/aromatic N) is 1. The van der Waals surface area contributed by atoms with E-state index in [0.717, 1.165) is 29.0 Å². The number of aryl methyl sites for hydroxylation is 1. The Balaban J connectivity index is 1.70. The lowest BCUT2D eigenvalue weighted by Crippen LogP contribution is -2.22. The van der Waals surface area contributed by atoms with Gasteiger partial charge in [-0.3, -0.25) is 4.79 Å². The smallest absolute Gasteiger partial charge is 0.347 e. The number of hydrogen-bond acceptors (Lipinski definition) is 1. The highest BCUT2D eigenvalue weighted by molar-refractivity contribution is 6.11. The van der Waals surface area contributed by atoms with Gasteiger partial charge in [0.2, 0.25) is 0 Å². The number of alkyl halides is 3. The number of fused-ring (bicyclic) bond motifs is 1. The minimum atomic E-state index is -4.41. The van der Waals surface area contributed by atoms with E-state index < -0.39 is 11.7 Å². The Labute approximate surface area is 185 Å². The lowest BCUT2D eigenvalue weighted by Gasteiger charge is -2.24. The average molecular weight is 438 g/mol. The van der Waals surface area contributed by atoms with Crippen LogP contribution in [0.4, 0.5) is 18.9 Å². The number of rotatable bonds is 3. The molecule has 0 fully saturated rings. The van der Waals surface area contributed by atoms with Gasteiger partial charge in [0.25, 0.3) is 5.91 Å². The SMILES string of the molecule is CC(C)(C)c1ccc(C2=C(C(=O)Nc3ccc(C(F)(F)F)cc3)CCn3cccc32)cc1. The van der Waals surface area contributed by atoms with E-state index in [1.165, 1.54) is 17.7 Å². The molecule has 0 unspecified atom stereocenters. The van der Waals surface area contributed by atoms with Crippen LogP contribution in [0.1, 0.15) is 49.6 Å². The monoisotopic (exact) mass is 438 g/mol. The summed E-state index contributed by atoms with van der Waals surface area (Å²) in [4.78, 5) is 13.2. The third kappa shape index (κ3) is 4.35. The number of carbonyl (C=O) groups is 1. The Hall–Kier alpha value is -3.28. The molecule has 1 aromatic heterocycles. The molecule has 0 saturated carbocycles. The second-order valence-corrected chi connectivity index (χ2v) is 9.05. The van der Waals surface area contributed by atoms with Crippen LogP contribution in [0.15, 0.2) is 72.4 Å². The maximum atomic E-state index is 13.2. The first-order chi connectivity index (χ1) is 15.0. The van der Waals surface area contributed by atoms with Gasteiger partial charge >= 0.3 is 6.18 Å². The zero-order valence-corrected chi connectivity index (χ0v) is 18.3. The van der Waals surface area contributed by atoms with Gasteiger partial charge in [0.05, 0.1) is 5.56 Å². The van der Waals surface area contributed by atoms with Gasteiger partial charge in [0, 0.05) is 35.3 Å². The molecule has 0 saturated heterocycles. The van der Waals surface area contributed by atoms with Gasteiger partial charge in [-0.1, -0.05) is 45.0 Å². The van der Waals surface area contributed by atoms with Crippen LogP contribution in [-0.2, 0) is 22.9 Å². The van der Waals surface area contributed by atoms with Crippen molar-refractivity contribution >= 4 is 17.2 Å². The molecule has 3 aromatic rings. The van der Waals surface area contributed by atoms with Crippen molar-refractivity contribution < 1.29 is 18.0 Å². The third-order valence-corrected chi connectivity index (χ3v) is 5.77. The van der Waals surface area contributed by atoms with Crippen molar-refractivity contribution in [3.05, 3.63) is 94.8 Å². The Morgan fingerprint density at radius 2 is 1.53 bits per heavy atom. The first-order valence-electron chi connectivity index (χ1n) is 10.5. The molecular weight excluding hydrogens is 413 g/mol. The van der Waals surface area contributed by atoms with Crippen molar-refractivity contribution in [1.29, 1.82) is 0 Å². The standard InChI is InChI=1S/C26H25F3N2O/c1-25(2,3)18-8-6-17(7-9-18)23-21(14-16-31-15-4-5-22(23)31)24(32)30-20-12-10-19(11-13-20)26(27,28)29/h4-13,15H,14,16H2,1-3H3,(H,30,32). The normalized spacial score (nSPS) is 14.3. The Morgan fingerprint density at radius 3 is 2.12 bits per heavy atom. The van der Waals surface area contributed by atoms with Gasteiger partial charge in [-0.25, -0.2) is 0 Å². The molecule has 4 rings (SSSR count). The van der Waals surface area contributed by atoms with Gasteiger partial charge in [0.15, 0.2) is 0 Å². The molecule has 3 nitrogen and oxygen atoms in total. The number of carbonyl (C=O) groups excluding carboxylic acids is 1. The molecule has 0 spiro atoms. The molecule has 1 aliphatic heterocycles.